The normalized spacial score (nSPS) is 10.8. The molecule has 1 aromatic carbocycles. The fourth-order valence-corrected chi connectivity index (χ4v) is 1.89. The van der Waals surface area contributed by atoms with Crippen LogP contribution in [0.25, 0.3) is 0 Å². The number of anilines is 1. The van der Waals surface area contributed by atoms with Crippen molar-refractivity contribution < 1.29 is 9.13 Å². The lowest BCUT2D eigenvalue weighted by Gasteiger charge is -2.05. The lowest BCUT2D eigenvalue weighted by atomic mass is 10.2. The van der Waals surface area contributed by atoms with Crippen LogP contribution in [0.1, 0.15) is 25.6 Å². The van der Waals surface area contributed by atoms with E-state index in [1.54, 1.807) is 6.07 Å². The van der Waals surface area contributed by atoms with Crippen LogP contribution in [-0.2, 0) is 0 Å². The van der Waals surface area contributed by atoms with Gasteiger partial charge in [-0.3, -0.25) is 0 Å². The summed E-state index contributed by atoms with van der Waals surface area (Å²) in [4.78, 5) is 4.15. The number of nitrogens with two attached hydrogens (primary N) is 1. The Kier molecular flexibility index (Phi) is 3.23. The predicted molar refractivity (Wildman–Crippen MR) is 64.9 cm³/mol. The molecule has 6 heteroatoms. The van der Waals surface area contributed by atoms with Gasteiger partial charge in [-0.15, -0.1) is 0 Å². The van der Waals surface area contributed by atoms with Crippen LogP contribution in [0, 0.1) is 5.82 Å². The smallest absolute Gasteiger partial charge is 0.298 e. The van der Waals surface area contributed by atoms with Gasteiger partial charge in [0.2, 0.25) is 0 Å². The van der Waals surface area contributed by atoms with Gasteiger partial charge in [-0.2, -0.15) is 9.36 Å². The van der Waals surface area contributed by atoms with Gasteiger partial charge in [0.25, 0.3) is 5.19 Å². The maximum Gasteiger partial charge on any atom is 0.298 e. The Balaban J connectivity index is 2.25. The van der Waals surface area contributed by atoms with E-state index >= 15 is 0 Å². The Bertz CT molecular complexity index is 507. The molecule has 90 valence electrons. The molecular weight excluding hydrogens is 241 g/mol. The standard InChI is InChI=1S/C11H12FN3OS/c1-6(2)10-14-11(17-15-10)16-9-7(12)4-3-5-8(9)13/h3-6H,13H2,1-2H3. The van der Waals surface area contributed by atoms with Crippen molar-refractivity contribution >= 4 is 17.2 Å². The second-order valence-corrected chi connectivity index (χ2v) is 4.55. The average molecular weight is 253 g/mol. The van der Waals surface area contributed by atoms with Crippen molar-refractivity contribution in [3.8, 4) is 10.9 Å². The highest BCUT2D eigenvalue weighted by atomic mass is 32.1. The maximum atomic E-state index is 13.5. The molecule has 0 aliphatic carbocycles. The van der Waals surface area contributed by atoms with Crippen LogP contribution in [0.4, 0.5) is 10.1 Å². The molecule has 1 heterocycles. The topological polar surface area (TPSA) is 61.0 Å². The summed E-state index contributed by atoms with van der Waals surface area (Å²) >= 11 is 1.08. The number of hydrogen-bond acceptors (Lipinski definition) is 5. The Hall–Kier alpha value is -1.69. The minimum atomic E-state index is -0.508. The molecule has 2 N–H and O–H groups in total. The van der Waals surface area contributed by atoms with Crippen LogP contribution in [0.15, 0.2) is 18.2 Å². The molecular formula is C11H12FN3OS. The Morgan fingerprint density at radius 3 is 2.76 bits per heavy atom. The van der Waals surface area contributed by atoms with Crippen molar-refractivity contribution in [1.29, 1.82) is 0 Å². The summed E-state index contributed by atoms with van der Waals surface area (Å²) in [7, 11) is 0. The van der Waals surface area contributed by atoms with Crippen molar-refractivity contribution in [2.24, 2.45) is 0 Å². The molecule has 2 rings (SSSR count). The molecule has 17 heavy (non-hydrogen) atoms. The number of hydrogen-bond donors (Lipinski definition) is 1. The number of nitrogens with zero attached hydrogens (tertiary/aromatic N) is 2. The first-order chi connectivity index (χ1) is 8.08. The van der Waals surface area contributed by atoms with Gasteiger partial charge < -0.3 is 10.5 Å². The van der Waals surface area contributed by atoms with E-state index in [2.05, 4.69) is 9.36 Å². The van der Waals surface area contributed by atoms with Gasteiger partial charge in [-0.25, -0.2) is 4.39 Å². The number of halogens is 1. The van der Waals surface area contributed by atoms with Gasteiger partial charge in [-0.05, 0) is 12.1 Å². The number of aromatic nitrogens is 2. The second kappa shape index (κ2) is 4.67. The second-order valence-electron chi connectivity index (χ2n) is 3.83. The van der Waals surface area contributed by atoms with Crippen molar-refractivity contribution in [1.82, 2.24) is 9.36 Å². The Morgan fingerprint density at radius 2 is 2.18 bits per heavy atom. The lowest BCUT2D eigenvalue weighted by Crippen LogP contribution is -1.95. The molecule has 0 fully saturated rings. The van der Waals surface area contributed by atoms with Gasteiger partial charge in [-0.1, -0.05) is 19.9 Å². The summed E-state index contributed by atoms with van der Waals surface area (Å²) in [5, 5.41) is 0.297. The average Bonchev–Trinajstić information content (AvgIpc) is 2.72. The SMILES string of the molecule is CC(C)c1nsc(Oc2c(N)cccc2F)n1. The molecule has 0 aliphatic rings. The van der Waals surface area contributed by atoms with Gasteiger partial charge >= 0.3 is 0 Å². The predicted octanol–water partition coefficient (Wildman–Crippen LogP) is 3.18. The van der Waals surface area contributed by atoms with Crippen molar-refractivity contribution in [2.45, 2.75) is 19.8 Å². The Labute approximate surface area is 102 Å². The molecule has 1 aromatic heterocycles. The number of nitrogen functional groups attached to an aromatic ring is 1. The molecule has 4 nitrogen and oxygen atoms in total. The van der Waals surface area contributed by atoms with Crippen LogP contribution < -0.4 is 10.5 Å². The molecule has 0 spiro atoms. The molecule has 2 aromatic rings. The first-order valence-electron chi connectivity index (χ1n) is 5.13. The van der Waals surface area contributed by atoms with Crippen LogP contribution in [0.5, 0.6) is 10.9 Å². The van der Waals surface area contributed by atoms with Crippen LogP contribution >= 0.6 is 11.5 Å². The quantitative estimate of drug-likeness (QED) is 0.853. The minimum absolute atomic E-state index is 0.000967. The lowest BCUT2D eigenvalue weighted by molar-refractivity contribution is 0.440. The molecule has 0 saturated carbocycles. The first-order valence-corrected chi connectivity index (χ1v) is 5.90. The zero-order valence-electron chi connectivity index (χ0n) is 9.48. The molecule has 0 radical (unpaired) electrons. The Morgan fingerprint density at radius 1 is 1.41 bits per heavy atom. The maximum absolute atomic E-state index is 13.5. The summed E-state index contributed by atoms with van der Waals surface area (Å²) in [5.74, 6) is 0.381. The van der Waals surface area contributed by atoms with E-state index in [-0.39, 0.29) is 17.4 Å². The summed E-state index contributed by atoms with van der Waals surface area (Å²) in [6.45, 7) is 3.95. The summed E-state index contributed by atoms with van der Waals surface area (Å²) in [6.07, 6.45) is 0. The summed E-state index contributed by atoms with van der Waals surface area (Å²) in [5.41, 5.74) is 5.87. The number of benzene rings is 1. The molecule has 0 saturated heterocycles. The third kappa shape index (κ3) is 2.52. The van der Waals surface area contributed by atoms with Crippen molar-refractivity contribution in [3.05, 3.63) is 29.8 Å². The fraction of sp³-hybridized carbons (Fsp3) is 0.273. The molecule has 0 unspecified atom stereocenters. The first kappa shape index (κ1) is 11.8. The van der Waals surface area contributed by atoms with Crippen LogP contribution in [-0.4, -0.2) is 9.36 Å². The van der Waals surface area contributed by atoms with E-state index in [4.69, 9.17) is 10.5 Å². The van der Waals surface area contributed by atoms with Gasteiger partial charge in [0, 0.05) is 17.5 Å². The molecule has 0 atom stereocenters. The third-order valence-corrected chi connectivity index (χ3v) is 2.74. The zero-order chi connectivity index (χ0) is 12.4. The zero-order valence-corrected chi connectivity index (χ0v) is 10.3. The summed E-state index contributed by atoms with van der Waals surface area (Å²) < 4.78 is 22.9. The van der Waals surface area contributed by atoms with E-state index in [0.29, 0.717) is 11.0 Å². The molecule has 0 bridgehead atoms. The van der Waals surface area contributed by atoms with E-state index in [9.17, 15) is 4.39 Å². The molecule has 0 aliphatic heterocycles. The number of ether oxygens (including phenoxy) is 1. The van der Waals surface area contributed by atoms with Crippen molar-refractivity contribution in [3.63, 3.8) is 0 Å². The largest absolute Gasteiger partial charge is 0.424 e. The number of para-hydroxylation sites is 1. The van der Waals surface area contributed by atoms with Crippen LogP contribution in [0.2, 0.25) is 0 Å². The highest BCUT2D eigenvalue weighted by Crippen LogP contribution is 2.31. The van der Waals surface area contributed by atoms with Gasteiger partial charge in [0.1, 0.15) is 5.82 Å². The van der Waals surface area contributed by atoms with E-state index in [1.165, 1.54) is 12.1 Å². The minimum Gasteiger partial charge on any atom is -0.424 e. The monoisotopic (exact) mass is 253 g/mol. The molecule has 0 amide bonds. The van der Waals surface area contributed by atoms with E-state index in [0.717, 1.165) is 11.5 Å². The third-order valence-electron chi connectivity index (χ3n) is 2.13. The van der Waals surface area contributed by atoms with Crippen LogP contribution in [0.3, 0.4) is 0 Å². The fourth-order valence-electron chi connectivity index (χ4n) is 1.22. The van der Waals surface area contributed by atoms with E-state index in [1.807, 2.05) is 13.8 Å². The van der Waals surface area contributed by atoms with Crippen molar-refractivity contribution in [2.75, 3.05) is 5.73 Å². The summed E-state index contributed by atoms with van der Waals surface area (Å²) in [6, 6.07) is 4.38. The van der Waals surface area contributed by atoms with Gasteiger partial charge in [0.15, 0.2) is 11.6 Å². The van der Waals surface area contributed by atoms with E-state index < -0.39 is 5.82 Å². The highest BCUT2D eigenvalue weighted by Gasteiger charge is 2.13. The highest BCUT2D eigenvalue weighted by molar-refractivity contribution is 7.07. The number of rotatable bonds is 3. The van der Waals surface area contributed by atoms with Gasteiger partial charge in [0.05, 0.1) is 5.69 Å².